The zero-order valence-corrected chi connectivity index (χ0v) is 17.6. The summed E-state index contributed by atoms with van der Waals surface area (Å²) in [4.78, 5) is 31.4. The molecule has 1 aliphatic heterocycles. The minimum atomic E-state index is -0.681. The zero-order chi connectivity index (χ0) is 22.1. The second-order valence-corrected chi connectivity index (χ2v) is 7.55. The standard InChI is InChI=1S/C24H23FN4O2/c1-4-17-18-10-5-14(2)26-21(18)12-11-20(17)27-23(30)19-13-29(3)24(31)28-22(19)15-6-8-16(25)9-7-15/h5-13,22H,4H2,1-3H3,(H,27,30)(H,28,31). The van der Waals surface area contributed by atoms with Crippen LogP contribution in [0.3, 0.4) is 0 Å². The fraction of sp³-hybridized carbons (Fsp3) is 0.208. The van der Waals surface area contributed by atoms with Gasteiger partial charge in [-0.3, -0.25) is 9.78 Å². The molecule has 7 heteroatoms. The number of anilines is 1. The molecule has 0 spiro atoms. The van der Waals surface area contributed by atoms with Gasteiger partial charge in [0, 0.05) is 30.0 Å². The Morgan fingerprint density at radius 1 is 1.16 bits per heavy atom. The highest BCUT2D eigenvalue weighted by atomic mass is 19.1. The predicted molar refractivity (Wildman–Crippen MR) is 118 cm³/mol. The Hall–Kier alpha value is -3.74. The molecule has 0 radical (unpaired) electrons. The summed E-state index contributed by atoms with van der Waals surface area (Å²) >= 11 is 0. The van der Waals surface area contributed by atoms with E-state index in [2.05, 4.69) is 15.6 Å². The molecule has 6 nitrogen and oxygen atoms in total. The van der Waals surface area contributed by atoms with Crippen molar-refractivity contribution in [3.63, 3.8) is 0 Å². The van der Waals surface area contributed by atoms with Crippen LogP contribution < -0.4 is 10.6 Å². The van der Waals surface area contributed by atoms with E-state index in [0.717, 1.165) is 28.6 Å². The molecule has 158 valence electrons. The summed E-state index contributed by atoms with van der Waals surface area (Å²) < 4.78 is 13.4. The van der Waals surface area contributed by atoms with E-state index < -0.39 is 6.04 Å². The van der Waals surface area contributed by atoms with Gasteiger partial charge in [0.1, 0.15) is 5.82 Å². The van der Waals surface area contributed by atoms with Crippen LogP contribution in [0.2, 0.25) is 0 Å². The van der Waals surface area contributed by atoms with E-state index in [0.29, 0.717) is 16.8 Å². The van der Waals surface area contributed by atoms with Gasteiger partial charge in [-0.2, -0.15) is 0 Å². The lowest BCUT2D eigenvalue weighted by Crippen LogP contribution is -2.44. The molecule has 1 aliphatic rings. The van der Waals surface area contributed by atoms with Crippen LogP contribution in [0.5, 0.6) is 0 Å². The second-order valence-electron chi connectivity index (χ2n) is 7.55. The first kappa shape index (κ1) is 20.5. The highest BCUT2D eigenvalue weighted by Crippen LogP contribution is 2.30. The number of fused-ring (bicyclic) bond motifs is 1. The smallest absolute Gasteiger partial charge is 0.321 e. The summed E-state index contributed by atoms with van der Waals surface area (Å²) in [7, 11) is 1.57. The van der Waals surface area contributed by atoms with Gasteiger partial charge in [0.05, 0.1) is 17.1 Å². The first-order valence-corrected chi connectivity index (χ1v) is 10.1. The van der Waals surface area contributed by atoms with E-state index in [9.17, 15) is 14.0 Å². The number of benzene rings is 2. The van der Waals surface area contributed by atoms with Crippen LogP contribution in [0.25, 0.3) is 10.9 Å². The van der Waals surface area contributed by atoms with Gasteiger partial charge in [0.15, 0.2) is 0 Å². The summed E-state index contributed by atoms with van der Waals surface area (Å²) in [5, 5.41) is 6.80. The lowest BCUT2D eigenvalue weighted by molar-refractivity contribution is -0.113. The largest absolute Gasteiger partial charge is 0.327 e. The quantitative estimate of drug-likeness (QED) is 0.657. The Balaban J connectivity index is 1.70. The molecule has 31 heavy (non-hydrogen) atoms. The van der Waals surface area contributed by atoms with Crippen LogP contribution in [0, 0.1) is 12.7 Å². The second kappa shape index (κ2) is 8.18. The first-order chi connectivity index (χ1) is 14.9. The summed E-state index contributed by atoms with van der Waals surface area (Å²) in [6.45, 7) is 3.97. The van der Waals surface area contributed by atoms with Gasteiger partial charge < -0.3 is 15.5 Å². The molecule has 3 aromatic rings. The lowest BCUT2D eigenvalue weighted by atomic mass is 9.96. The molecule has 0 fully saturated rings. The highest BCUT2D eigenvalue weighted by Gasteiger charge is 2.30. The number of carbonyl (C=O) groups is 2. The molecule has 1 atom stereocenters. The first-order valence-electron chi connectivity index (χ1n) is 10.1. The molecule has 1 unspecified atom stereocenters. The summed E-state index contributed by atoms with van der Waals surface area (Å²) in [6.07, 6.45) is 2.23. The Morgan fingerprint density at radius 2 is 1.90 bits per heavy atom. The van der Waals surface area contributed by atoms with Crippen LogP contribution in [0.1, 0.15) is 29.8 Å². The van der Waals surface area contributed by atoms with Crippen molar-refractivity contribution in [2.45, 2.75) is 26.3 Å². The summed E-state index contributed by atoms with van der Waals surface area (Å²) in [6, 6.07) is 12.4. The Morgan fingerprint density at radius 3 is 2.61 bits per heavy atom. The van der Waals surface area contributed by atoms with E-state index >= 15 is 0 Å². The molecule has 0 saturated carbocycles. The fourth-order valence-corrected chi connectivity index (χ4v) is 3.81. The van der Waals surface area contributed by atoms with E-state index in [4.69, 9.17) is 0 Å². The molecule has 2 N–H and O–H groups in total. The third-order valence-electron chi connectivity index (χ3n) is 5.42. The molecule has 2 heterocycles. The molecule has 4 rings (SSSR count). The van der Waals surface area contributed by atoms with Crippen LogP contribution >= 0.6 is 0 Å². The third-order valence-corrected chi connectivity index (χ3v) is 5.42. The minimum Gasteiger partial charge on any atom is -0.327 e. The van der Waals surface area contributed by atoms with Gasteiger partial charge in [-0.15, -0.1) is 0 Å². The molecule has 1 aromatic heterocycles. The van der Waals surface area contributed by atoms with E-state index in [1.807, 2.05) is 38.1 Å². The van der Waals surface area contributed by atoms with Crippen molar-refractivity contribution in [3.05, 3.63) is 82.9 Å². The maximum atomic E-state index is 13.4. The van der Waals surface area contributed by atoms with Crippen molar-refractivity contribution in [3.8, 4) is 0 Å². The maximum Gasteiger partial charge on any atom is 0.321 e. The van der Waals surface area contributed by atoms with Gasteiger partial charge in [-0.05, 0) is 54.8 Å². The van der Waals surface area contributed by atoms with Gasteiger partial charge in [-0.25, -0.2) is 9.18 Å². The van der Waals surface area contributed by atoms with Gasteiger partial charge in [0.25, 0.3) is 5.91 Å². The number of amides is 3. The number of halogens is 1. The van der Waals surface area contributed by atoms with E-state index in [1.54, 1.807) is 19.2 Å². The van der Waals surface area contributed by atoms with Crippen LogP contribution in [0.15, 0.2) is 60.3 Å². The Labute approximate surface area is 179 Å². The average molecular weight is 418 g/mol. The van der Waals surface area contributed by atoms with Crippen LogP contribution in [-0.2, 0) is 11.2 Å². The number of hydrogen-bond donors (Lipinski definition) is 2. The number of rotatable bonds is 4. The number of nitrogens with zero attached hydrogens (tertiary/aromatic N) is 2. The highest BCUT2D eigenvalue weighted by molar-refractivity contribution is 6.07. The number of pyridine rings is 1. The van der Waals surface area contributed by atoms with Gasteiger partial charge >= 0.3 is 6.03 Å². The molecule has 3 amide bonds. The third kappa shape index (κ3) is 3.99. The van der Waals surface area contributed by atoms with Crippen molar-refractivity contribution in [1.82, 2.24) is 15.2 Å². The molecule has 2 aromatic carbocycles. The normalized spacial score (nSPS) is 16.1. The SMILES string of the molecule is CCc1c(NC(=O)C2=CN(C)C(=O)NC2c2ccc(F)cc2)ccc2nc(C)ccc12. The monoisotopic (exact) mass is 418 g/mol. The number of aryl methyl sites for hydroxylation is 2. The summed E-state index contributed by atoms with van der Waals surface area (Å²) in [5.41, 5.74) is 4.48. The van der Waals surface area contributed by atoms with Crippen molar-refractivity contribution in [1.29, 1.82) is 0 Å². The van der Waals surface area contributed by atoms with Crippen molar-refractivity contribution in [2.75, 3.05) is 12.4 Å². The van der Waals surface area contributed by atoms with Gasteiger partial charge in [0.2, 0.25) is 0 Å². The predicted octanol–water partition coefficient (Wildman–Crippen LogP) is 4.46. The van der Waals surface area contributed by atoms with Crippen molar-refractivity contribution in [2.24, 2.45) is 0 Å². The number of urea groups is 1. The number of aromatic nitrogens is 1. The Bertz CT molecular complexity index is 1200. The number of nitrogens with one attached hydrogen (secondary N) is 2. The van der Waals surface area contributed by atoms with Crippen LogP contribution in [-0.4, -0.2) is 28.9 Å². The van der Waals surface area contributed by atoms with E-state index in [-0.39, 0.29) is 17.8 Å². The van der Waals surface area contributed by atoms with Crippen molar-refractivity contribution >= 4 is 28.5 Å². The lowest BCUT2D eigenvalue weighted by Gasteiger charge is -2.30. The zero-order valence-electron chi connectivity index (χ0n) is 17.6. The average Bonchev–Trinajstić information content (AvgIpc) is 2.75. The Kier molecular flexibility index (Phi) is 5.42. The van der Waals surface area contributed by atoms with Gasteiger partial charge in [-0.1, -0.05) is 25.1 Å². The number of carbonyl (C=O) groups excluding carboxylic acids is 2. The van der Waals surface area contributed by atoms with Crippen molar-refractivity contribution < 1.29 is 14.0 Å². The topological polar surface area (TPSA) is 74.3 Å². The molecular weight excluding hydrogens is 395 g/mol. The molecular formula is C24H23FN4O2. The maximum absolute atomic E-state index is 13.4. The minimum absolute atomic E-state index is 0.338. The number of hydrogen-bond acceptors (Lipinski definition) is 3. The fourth-order valence-electron chi connectivity index (χ4n) is 3.81. The van der Waals surface area contributed by atoms with Crippen LogP contribution in [0.4, 0.5) is 14.9 Å². The van der Waals surface area contributed by atoms with E-state index in [1.165, 1.54) is 23.2 Å². The molecule has 0 aliphatic carbocycles. The summed E-state index contributed by atoms with van der Waals surface area (Å²) in [5.74, 6) is -0.721. The molecule has 0 saturated heterocycles. The molecule has 0 bridgehead atoms.